The quantitative estimate of drug-likeness (QED) is 0.356. The van der Waals surface area contributed by atoms with E-state index in [9.17, 15) is 32.3 Å². The van der Waals surface area contributed by atoms with Gasteiger partial charge in [-0.15, -0.1) is 0 Å². The van der Waals surface area contributed by atoms with E-state index in [0.29, 0.717) is 29.9 Å². The third-order valence-electron chi connectivity index (χ3n) is 8.45. The lowest BCUT2D eigenvalue weighted by atomic mass is 9.87. The Morgan fingerprint density at radius 2 is 1.83 bits per heavy atom. The Labute approximate surface area is 237 Å². The van der Waals surface area contributed by atoms with Crippen molar-refractivity contribution in [3.8, 4) is 0 Å². The van der Waals surface area contributed by atoms with Crippen LogP contribution in [0.4, 0.5) is 23.2 Å². The molecule has 2 aromatic heterocycles. The van der Waals surface area contributed by atoms with Crippen molar-refractivity contribution < 1.29 is 32.3 Å². The van der Waals surface area contributed by atoms with Crippen LogP contribution < -0.4 is 11.1 Å². The van der Waals surface area contributed by atoms with Crippen molar-refractivity contribution in [1.82, 2.24) is 19.3 Å². The first-order valence-corrected chi connectivity index (χ1v) is 13.4. The molecule has 2 heterocycles. The molecule has 2 saturated carbocycles. The third-order valence-corrected chi connectivity index (χ3v) is 8.74. The van der Waals surface area contributed by atoms with E-state index < -0.39 is 40.6 Å². The summed E-state index contributed by atoms with van der Waals surface area (Å²) in [5, 5.41) is 17.8. The van der Waals surface area contributed by atoms with Gasteiger partial charge < -0.3 is 20.7 Å². The van der Waals surface area contributed by atoms with Gasteiger partial charge in [0.15, 0.2) is 5.69 Å². The van der Waals surface area contributed by atoms with Crippen LogP contribution in [0, 0.1) is 17.7 Å². The maximum Gasteiger partial charge on any atom is 0.435 e. The maximum atomic E-state index is 14.0. The molecule has 2 atom stereocenters. The number of fused-ring (bicyclic) bond motifs is 1. The van der Waals surface area contributed by atoms with Crippen LogP contribution in [0.3, 0.4) is 0 Å². The van der Waals surface area contributed by atoms with Crippen molar-refractivity contribution >= 4 is 29.1 Å². The molecule has 0 radical (unpaired) electrons. The summed E-state index contributed by atoms with van der Waals surface area (Å²) in [6.45, 7) is 2.71. The number of benzene rings is 1. The standard InChI is InChI=1S/C27H29ClF4N6O3/c1-25(2,24(33)40)38-11-17(22(36-38)27(30,31)32)26(41)9-14-6-13(7-15(14)10-26)20-21(37(3)12-34-20)23(39)35-16-4-5-19(29)18(28)8-16/h4-5,8,11-15,41H,6-7,9-10H2,1-3H3,(H2,33,40)(H,35,39). The zero-order chi connectivity index (χ0) is 30.1. The van der Waals surface area contributed by atoms with Gasteiger partial charge in [0.2, 0.25) is 5.91 Å². The molecule has 5 rings (SSSR count). The lowest BCUT2D eigenvalue weighted by Crippen LogP contribution is -2.41. The first-order chi connectivity index (χ1) is 19.0. The van der Waals surface area contributed by atoms with Crippen molar-refractivity contribution in [2.45, 2.75) is 62.8 Å². The van der Waals surface area contributed by atoms with Crippen LogP contribution in [-0.2, 0) is 29.2 Å². The number of nitrogens with one attached hydrogen (secondary N) is 1. The number of aryl methyl sites for hydroxylation is 1. The summed E-state index contributed by atoms with van der Waals surface area (Å²) in [5.41, 5.74) is 1.60. The number of amides is 2. The fraction of sp³-hybridized carbons (Fsp3) is 0.481. The van der Waals surface area contributed by atoms with Gasteiger partial charge >= 0.3 is 6.18 Å². The summed E-state index contributed by atoms with van der Waals surface area (Å²) in [6.07, 6.45) is -1.13. The average Bonchev–Trinajstić information content (AvgIpc) is 3.62. The topological polar surface area (TPSA) is 128 Å². The summed E-state index contributed by atoms with van der Waals surface area (Å²) in [7, 11) is 1.67. The number of nitrogens with two attached hydrogens (primary N) is 1. The largest absolute Gasteiger partial charge is 0.435 e. The van der Waals surface area contributed by atoms with Crippen LogP contribution in [0.15, 0.2) is 30.7 Å². The second-order valence-corrected chi connectivity index (χ2v) is 12.0. The number of nitrogens with zero attached hydrogens (tertiary/aromatic N) is 4. The summed E-state index contributed by atoms with van der Waals surface area (Å²) < 4.78 is 57.9. The second kappa shape index (κ2) is 9.83. The molecular weight excluding hydrogens is 568 g/mol. The first kappa shape index (κ1) is 29.1. The Morgan fingerprint density at radius 1 is 1.20 bits per heavy atom. The molecule has 0 bridgehead atoms. The molecule has 3 aromatic rings. The number of alkyl halides is 3. The van der Waals surface area contributed by atoms with Gasteiger partial charge in [-0.25, -0.2) is 9.37 Å². The van der Waals surface area contributed by atoms with Crippen LogP contribution in [0.2, 0.25) is 5.02 Å². The predicted molar refractivity (Wildman–Crippen MR) is 140 cm³/mol. The van der Waals surface area contributed by atoms with Gasteiger partial charge in [0, 0.05) is 30.4 Å². The van der Waals surface area contributed by atoms with Gasteiger partial charge in [-0.1, -0.05) is 11.6 Å². The summed E-state index contributed by atoms with van der Waals surface area (Å²) in [6, 6.07) is 3.83. The molecule has 0 aliphatic heterocycles. The average molecular weight is 597 g/mol. The van der Waals surface area contributed by atoms with Crippen molar-refractivity contribution in [2.24, 2.45) is 24.6 Å². The molecule has 220 valence electrons. The summed E-state index contributed by atoms with van der Waals surface area (Å²) >= 11 is 5.83. The zero-order valence-corrected chi connectivity index (χ0v) is 23.2. The van der Waals surface area contributed by atoms with E-state index in [1.54, 1.807) is 11.6 Å². The fourth-order valence-corrected chi connectivity index (χ4v) is 6.40. The monoisotopic (exact) mass is 596 g/mol. The molecule has 9 nitrogen and oxygen atoms in total. The lowest BCUT2D eigenvalue weighted by Gasteiger charge is -2.25. The van der Waals surface area contributed by atoms with Gasteiger partial charge in [0.1, 0.15) is 17.1 Å². The Hall–Kier alpha value is -3.45. The number of hydrogen-bond donors (Lipinski definition) is 3. The van der Waals surface area contributed by atoms with E-state index in [-0.39, 0.29) is 41.2 Å². The fourth-order valence-electron chi connectivity index (χ4n) is 6.22. The van der Waals surface area contributed by atoms with Crippen LogP contribution in [0.25, 0.3) is 0 Å². The SMILES string of the molecule is Cn1cnc(C2CC3CC(O)(c4cn(C(C)(C)C(N)=O)nc4C(F)(F)F)CC3C2)c1C(=O)Nc1ccc(F)c(Cl)c1. The molecule has 4 N–H and O–H groups in total. The number of imidazole rings is 1. The normalized spacial score (nSPS) is 24.5. The van der Waals surface area contributed by atoms with E-state index in [0.717, 1.165) is 16.9 Å². The van der Waals surface area contributed by atoms with Gasteiger partial charge in [0.25, 0.3) is 5.91 Å². The van der Waals surface area contributed by atoms with Gasteiger partial charge in [0.05, 0.1) is 22.6 Å². The van der Waals surface area contributed by atoms with E-state index in [1.807, 2.05) is 0 Å². The highest BCUT2D eigenvalue weighted by molar-refractivity contribution is 6.31. The Morgan fingerprint density at radius 3 is 2.39 bits per heavy atom. The minimum Gasteiger partial charge on any atom is -0.385 e. The van der Waals surface area contributed by atoms with Crippen molar-refractivity contribution in [3.05, 3.63) is 64.2 Å². The molecule has 2 amide bonds. The number of aliphatic hydroxyl groups is 1. The molecule has 0 saturated heterocycles. The Bertz CT molecular complexity index is 1520. The molecule has 2 unspecified atom stereocenters. The van der Waals surface area contributed by atoms with E-state index in [4.69, 9.17) is 17.3 Å². The van der Waals surface area contributed by atoms with Gasteiger partial charge in [-0.3, -0.25) is 14.3 Å². The molecule has 14 heteroatoms. The third kappa shape index (κ3) is 5.09. The molecule has 0 spiro atoms. The highest BCUT2D eigenvalue weighted by atomic mass is 35.5. The number of hydrogen-bond acceptors (Lipinski definition) is 5. The number of aromatic nitrogens is 4. The molecule has 2 aliphatic rings. The van der Waals surface area contributed by atoms with Crippen LogP contribution in [0.1, 0.15) is 72.9 Å². The highest BCUT2D eigenvalue weighted by Crippen LogP contribution is 2.58. The highest BCUT2D eigenvalue weighted by Gasteiger charge is 2.54. The second-order valence-electron chi connectivity index (χ2n) is 11.6. The molecule has 2 aliphatic carbocycles. The van der Waals surface area contributed by atoms with Crippen LogP contribution in [0.5, 0.6) is 0 Å². The van der Waals surface area contributed by atoms with Crippen molar-refractivity contribution in [1.29, 1.82) is 0 Å². The van der Waals surface area contributed by atoms with Crippen molar-refractivity contribution in [2.75, 3.05) is 5.32 Å². The number of rotatable bonds is 6. The number of primary amides is 1. The number of anilines is 1. The van der Waals surface area contributed by atoms with Gasteiger partial charge in [-0.05, 0) is 69.6 Å². The molecule has 1 aromatic carbocycles. The maximum absolute atomic E-state index is 14.0. The van der Waals surface area contributed by atoms with Crippen LogP contribution >= 0.6 is 11.6 Å². The lowest BCUT2D eigenvalue weighted by molar-refractivity contribution is -0.145. The number of halogens is 5. The summed E-state index contributed by atoms with van der Waals surface area (Å²) in [4.78, 5) is 29.5. The van der Waals surface area contributed by atoms with Crippen LogP contribution in [-0.4, -0.2) is 36.3 Å². The van der Waals surface area contributed by atoms with E-state index >= 15 is 0 Å². The zero-order valence-electron chi connectivity index (χ0n) is 22.5. The molecule has 41 heavy (non-hydrogen) atoms. The molecule has 2 fully saturated rings. The minimum atomic E-state index is -4.85. The number of carbonyl (C=O) groups is 2. The number of carbonyl (C=O) groups excluding carboxylic acids is 2. The van der Waals surface area contributed by atoms with E-state index in [1.165, 1.54) is 32.3 Å². The summed E-state index contributed by atoms with van der Waals surface area (Å²) in [5.74, 6) is -2.37. The van der Waals surface area contributed by atoms with Gasteiger partial charge in [-0.2, -0.15) is 18.3 Å². The van der Waals surface area contributed by atoms with Crippen molar-refractivity contribution in [3.63, 3.8) is 0 Å². The Kier molecular flexibility index (Phi) is 6.97. The van der Waals surface area contributed by atoms with E-state index in [2.05, 4.69) is 15.4 Å². The first-order valence-electron chi connectivity index (χ1n) is 13.0. The minimum absolute atomic E-state index is 0.0579. The smallest absolute Gasteiger partial charge is 0.385 e. The Balaban J connectivity index is 1.37. The molecular formula is C27H29ClF4N6O3. The predicted octanol–water partition coefficient (Wildman–Crippen LogP) is 4.69.